The number of esters is 1. The van der Waals surface area contributed by atoms with Crippen LogP contribution in [0, 0.1) is 5.92 Å². The van der Waals surface area contributed by atoms with Gasteiger partial charge in [-0.25, -0.2) is 9.78 Å². The van der Waals surface area contributed by atoms with Crippen molar-refractivity contribution in [3.63, 3.8) is 0 Å². The number of nitrogens with zero attached hydrogens (tertiary/aromatic N) is 1. The Morgan fingerprint density at radius 2 is 1.93 bits per heavy atom. The van der Waals surface area contributed by atoms with Gasteiger partial charge in [-0.3, -0.25) is 9.59 Å². The molecule has 0 saturated heterocycles. The monoisotopic (exact) mass is 427 g/mol. The number of rotatable bonds is 7. The summed E-state index contributed by atoms with van der Waals surface area (Å²) in [5.74, 6) is -2.08. The molecule has 150 valence electrons. The molecule has 2 amide bonds. The molecule has 2 aromatic rings. The van der Waals surface area contributed by atoms with Gasteiger partial charge in [-0.15, -0.1) is 0 Å². The number of anilines is 1. The lowest BCUT2D eigenvalue weighted by atomic mass is 10.0. The normalized spacial score (nSPS) is 12.9. The first-order chi connectivity index (χ1) is 13.2. The zero-order valence-electron chi connectivity index (χ0n) is 15.4. The largest absolute Gasteiger partial charge is 0.459 e. The van der Waals surface area contributed by atoms with Crippen LogP contribution in [0.5, 0.6) is 0 Å². The molecule has 2 rings (SSSR count). The van der Waals surface area contributed by atoms with E-state index < -0.39 is 29.9 Å². The molecule has 0 fully saturated rings. The molecule has 0 aliphatic heterocycles. The maximum atomic E-state index is 12.5. The van der Waals surface area contributed by atoms with Crippen LogP contribution in [-0.4, -0.2) is 34.9 Å². The molecule has 0 aliphatic carbocycles. The Bertz CT molecular complexity index is 855. The Labute approximate surface area is 171 Å². The molecule has 0 spiro atoms. The van der Waals surface area contributed by atoms with Crippen molar-refractivity contribution in [2.75, 3.05) is 5.32 Å². The molecule has 28 heavy (non-hydrogen) atoms. The molecular formula is C18H19Cl2N3O5. The van der Waals surface area contributed by atoms with Gasteiger partial charge in [0.25, 0.3) is 11.8 Å². The van der Waals surface area contributed by atoms with Gasteiger partial charge in [0.2, 0.25) is 0 Å². The highest BCUT2D eigenvalue weighted by Crippen LogP contribution is 2.22. The van der Waals surface area contributed by atoms with Gasteiger partial charge in [0.15, 0.2) is 17.7 Å². The first kappa shape index (κ1) is 21.7. The van der Waals surface area contributed by atoms with Crippen molar-refractivity contribution in [2.45, 2.75) is 32.9 Å². The average molecular weight is 428 g/mol. The number of halogens is 2. The first-order valence-corrected chi connectivity index (χ1v) is 9.11. The Morgan fingerprint density at radius 1 is 1.21 bits per heavy atom. The van der Waals surface area contributed by atoms with Crippen LogP contribution in [-0.2, 0) is 14.3 Å². The number of hydrogen-bond donors (Lipinski definition) is 2. The summed E-state index contributed by atoms with van der Waals surface area (Å²) >= 11 is 11.7. The molecule has 10 heteroatoms. The van der Waals surface area contributed by atoms with Gasteiger partial charge in [0.05, 0.1) is 16.3 Å². The second kappa shape index (κ2) is 9.57. The third-order valence-electron chi connectivity index (χ3n) is 3.66. The van der Waals surface area contributed by atoms with Crippen molar-refractivity contribution < 1.29 is 23.5 Å². The minimum atomic E-state index is -1.15. The minimum Gasteiger partial charge on any atom is -0.459 e. The standard InChI is InChI=1S/C18H19Cl2N3O5/c1-9(2)14(22-17(25)13-5-4-6-27-13)18(26)28-10(3)16(24)23-15-12(20)7-11(19)8-21-15/h4-10,14H,1-3H3,(H,22,25)(H,21,23,24)/t10-,14+/m1/s1. The smallest absolute Gasteiger partial charge is 0.329 e. The fourth-order valence-electron chi connectivity index (χ4n) is 2.14. The fraction of sp³-hybridized carbons (Fsp3) is 0.333. The van der Waals surface area contributed by atoms with E-state index in [0.717, 1.165) is 0 Å². The Morgan fingerprint density at radius 3 is 2.50 bits per heavy atom. The van der Waals surface area contributed by atoms with Crippen LogP contribution in [0.25, 0.3) is 0 Å². The van der Waals surface area contributed by atoms with Crippen molar-refractivity contribution in [1.82, 2.24) is 10.3 Å². The quantitative estimate of drug-likeness (QED) is 0.655. The summed E-state index contributed by atoms with van der Waals surface area (Å²) in [4.78, 5) is 40.8. The van der Waals surface area contributed by atoms with E-state index in [1.807, 2.05) is 0 Å². The third kappa shape index (κ3) is 5.71. The number of carbonyl (C=O) groups is 3. The summed E-state index contributed by atoms with van der Waals surface area (Å²) in [6, 6.07) is 3.48. The average Bonchev–Trinajstić information content (AvgIpc) is 3.16. The van der Waals surface area contributed by atoms with E-state index in [1.165, 1.54) is 31.5 Å². The number of pyridine rings is 1. The van der Waals surface area contributed by atoms with Gasteiger partial charge < -0.3 is 19.8 Å². The summed E-state index contributed by atoms with van der Waals surface area (Å²) < 4.78 is 10.2. The van der Waals surface area contributed by atoms with Crippen LogP contribution < -0.4 is 10.6 Å². The number of amides is 2. The third-order valence-corrected chi connectivity index (χ3v) is 4.16. The molecule has 2 heterocycles. The van der Waals surface area contributed by atoms with E-state index >= 15 is 0 Å². The zero-order valence-corrected chi connectivity index (χ0v) is 16.9. The maximum Gasteiger partial charge on any atom is 0.329 e. The topological polar surface area (TPSA) is 111 Å². The molecular weight excluding hydrogens is 409 g/mol. The predicted octanol–water partition coefficient (Wildman–Crippen LogP) is 3.31. The van der Waals surface area contributed by atoms with Gasteiger partial charge in [-0.2, -0.15) is 0 Å². The number of furan rings is 1. The summed E-state index contributed by atoms with van der Waals surface area (Å²) in [5, 5.41) is 5.45. The van der Waals surface area contributed by atoms with Crippen LogP contribution in [0.2, 0.25) is 10.0 Å². The number of ether oxygens (including phenoxy) is 1. The molecule has 0 aliphatic rings. The molecule has 0 radical (unpaired) electrons. The van der Waals surface area contributed by atoms with Crippen molar-refractivity contribution in [3.05, 3.63) is 46.5 Å². The van der Waals surface area contributed by atoms with Gasteiger partial charge in [-0.1, -0.05) is 37.0 Å². The molecule has 0 unspecified atom stereocenters. The van der Waals surface area contributed by atoms with E-state index in [4.69, 9.17) is 32.4 Å². The summed E-state index contributed by atoms with van der Waals surface area (Å²) in [6.07, 6.45) is 1.52. The van der Waals surface area contributed by atoms with E-state index in [9.17, 15) is 14.4 Å². The zero-order chi connectivity index (χ0) is 20.8. The van der Waals surface area contributed by atoms with Gasteiger partial charge in [0, 0.05) is 6.20 Å². The van der Waals surface area contributed by atoms with Crippen molar-refractivity contribution >= 4 is 46.8 Å². The Kier molecular flexibility index (Phi) is 7.42. The first-order valence-electron chi connectivity index (χ1n) is 8.35. The van der Waals surface area contributed by atoms with Crippen molar-refractivity contribution in [2.24, 2.45) is 5.92 Å². The van der Waals surface area contributed by atoms with E-state index in [2.05, 4.69) is 15.6 Å². The predicted molar refractivity (Wildman–Crippen MR) is 103 cm³/mol. The van der Waals surface area contributed by atoms with Crippen molar-refractivity contribution in [1.29, 1.82) is 0 Å². The second-order valence-corrected chi connectivity index (χ2v) is 7.07. The van der Waals surface area contributed by atoms with Gasteiger partial charge in [0.1, 0.15) is 6.04 Å². The number of carbonyl (C=O) groups excluding carboxylic acids is 3. The lowest BCUT2D eigenvalue weighted by molar-refractivity contribution is -0.156. The molecule has 2 atom stereocenters. The Hall–Kier alpha value is -2.58. The summed E-state index contributed by atoms with van der Waals surface area (Å²) in [6.45, 7) is 4.86. The highest BCUT2D eigenvalue weighted by Gasteiger charge is 2.30. The van der Waals surface area contributed by atoms with E-state index in [0.29, 0.717) is 5.02 Å². The fourth-order valence-corrected chi connectivity index (χ4v) is 2.57. The van der Waals surface area contributed by atoms with E-state index in [-0.39, 0.29) is 22.5 Å². The maximum absolute atomic E-state index is 12.5. The molecule has 0 aromatic carbocycles. The SMILES string of the molecule is CC(C)[C@H](NC(=O)c1ccco1)C(=O)O[C@H](C)C(=O)Nc1ncc(Cl)cc1Cl. The Balaban J connectivity index is 1.99. The van der Waals surface area contributed by atoms with E-state index in [1.54, 1.807) is 19.9 Å². The molecule has 2 aromatic heterocycles. The molecule has 2 N–H and O–H groups in total. The number of hydrogen-bond acceptors (Lipinski definition) is 6. The lowest BCUT2D eigenvalue weighted by Gasteiger charge is -2.22. The van der Waals surface area contributed by atoms with Gasteiger partial charge >= 0.3 is 5.97 Å². The van der Waals surface area contributed by atoms with Crippen molar-refractivity contribution in [3.8, 4) is 0 Å². The highest BCUT2D eigenvalue weighted by atomic mass is 35.5. The lowest BCUT2D eigenvalue weighted by Crippen LogP contribution is -2.47. The summed E-state index contributed by atoms with van der Waals surface area (Å²) in [5.41, 5.74) is 0. The van der Waals surface area contributed by atoms with Crippen LogP contribution in [0.4, 0.5) is 5.82 Å². The molecule has 0 saturated carbocycles. The van der Waals surface area contributed by atoms with Crippen LogP contribution in [0.3, 0.4) is 0 Å². The molecule has 0 bridgehead atoms. The second-order valence-electron chi connectivity index (χ2n) is 6.22. The van der Waals surface area contributed by atoms with Crippen LogP contribution >= 0.6 is 23.2 Å². The number of nitrogens with one attached hydrogen (secondary N) is 2. The highest BCUT2D eigenvalue weighted by molar-refractivity contribution is 6.36. The van der Waals surface area contributed by atoms with Crippen LogP contribution in [0.1, 0.15) is 31.3 Å². The minimum absolute atomic E-state index is 0.0627. The number of aromatic nitrogens is 1. The summed E-state index contributed by atoms with van der Waals surface area (Å²) in [7, 11) is 0. The van der Waals surface area contributed by atoms with Crippen LogP contribution in [0.15, 0.2) is 35.1 Å². The van der Waals surface area contributed by atoms with Gasteiger partial charge in [-0.05, 0) is 31.0 Å². The molecule has 8 nitrogen and oxygen atoms in total.